The van der Waals surface area contributed by atoms with Crippen molar-refractivity contribution in [3.8, 4) is 33.6 Å². The molecule has 0 saturated carbocycles. The first-order valence-electron chi connectivity index (χ1n) is 34.5. The maximum absolute atomic E-state index is 2.68. The van der Waals surface area contributed by atoms with E-state index in [1.807, 2.05) is 0 Å². The molecule has 95 heavy (non-hydrogen) atoms. The van der Waals surface area contributed by atoms with Gasteiger partial charge in [-0.05, 0) is 142 Å². The van der Waals surface area contributed by atoms with Crippen LogP contribution in [0.15, 0.2) is 224 Å². The van der Waals surface area contributed by atoms with Crippen LogP contribution in [0.2, 0.25) is 39.3 Å². The van der Waals surface area contributed by atoms with E-state index in [-0.39, 0.29) is 28.4 Å². The van der Waals surface area contributed by atoms with Gasteiger partial charge in [-0.25, -0.2) is 0 Å². The van der Waals surface area contributed by atoms with Crippen molar-refractivity contribution in [2.75, 3.05) is 9.80 Å². The Morgan fingerprint density at radius 1 is 0.295 bits per heavy atom. The van der Waals surface area contributed by atoms with Crippen molar-refractivity contribution in [2.45, 2.75) is 144 Å². The van der Waals surface area contributed by atoms with E-state index in [0.29, 0.717) is 0 Å². The lowest BCUT2D eigenvalue weighted by atomic mass is 9.33. The van der Waals surface area contributed by atoms with E-state index in [4.69, 9.17) is 0 Å². The molecule has 11 aromatic carbocycles. The molecular formula is C88H91BN4Si2. The molecular weight excluding hydrogens is 1180 g/mol. The number of anilines is 6. The molecule has 15 rings (SSSR count). The van der Waals surface area contributed by atoms with Gasteiger partial charge in [-0.3, -0.25) is 0 Å². The summed E-state index contributed by atoms with van der Waals surface area (Å²) < 4.78 is 5.18. The predicted molar refractivity (Wildman–Crippen MR) is 421 cm³/mol. The average Bonchev–Trinajstić information content (AvgIpc) is 1.40. The molecule has 0 N–H and O–H groups in total. The van der Waals surface area contributed by atoms with E-state index in [1.54, 1.807) is 0 Å². The van der Waals surface area contributed by atoms with Crippen molar-refractivity contribution in [3.63, 3.8) is 0 Å². The Hall–Kier alpha value is -8.88. The zero-order valence-corrected chi connectivity index (χ0v) is 61.2. The third-order valence-corrected chi connectivity index (χ3v) is 24.8. The number of hydrogen-bond acceptors (Lipinski definition) is 2. The molecule has 2 aliphatic rings. The van der Waals surface area contributed by atoms with Crippen molar-refractivity contribution in [3.05, 3.63) is 247 Å². The summed E-state index contributed by atoms with van der Waals surface area (Å²) in [6.45, 7) is 43.1. The van der Waals surface area contributed by atoms with Gasteiger partial charge in [0.1, 0.15) is 0 Å². The summed E-state index contributed by atoms with van der Waals surface area (Å²) in [5.41, 5.74) is 28.7. The van der Waals surface area contributed by atoms with Gasteiger partial charge in [-0.15, -0.1) is 0 Å². The standard InChI is InChI=1S/C88H91BN4Si2/c1-85(2,3)58-48-56(49-59(52-58)86(4,5)6)64-32-27-34-68-66-30-19-21-36-72(66)90(83(64)68)62-44-46-70-78(54-62)92(74-38-23-25-42-80(74)94(13,14)15)76-40-29-41-77-82(76)89(70)71-47-45-63(55-79(71)93(77)75-39-24-26-43-81(75)95(16,17)18)91-73-37-22-20-31-67(73)69-35-28-33-65(84(69)91)57-50-60(87(7,8)9)53-61(51-57)88(10,11)12/h19-55H,1-18H3. The van der Waals surface area contributed by atoms with E-state index < -0.39 is 16.1 Å². The Morgan fingerprint density at radius 3 is 0.989 bits per heavy atom. The van der Waals surface area contributed by atoms with E-state index in [2.05, 4.69) is 366 Å². The molecule has 4 heterocycles. The van der Waals surface area contributed by atoms with Gasteiger partial charge in [0.25, 0.3) is 6.71 Å². The Labute approximate surface area is 567 Å². The molecule has 474 valence electrons. The normalized spacial score (nSPS) is 13.7. The molecule has 0 radical (unpaired) electrons. The fourth-order valence-corrected chi connectivity index (χ4v) is 18.8. The van der Waals surface area contributed by atoms with Gasteiger partial charge >= 0.3 is 0 Å². The SMILES string of the molecule is CC(C)(C)c1cc(-c2cccc3c4ccccc4n(-c4ccc5c(c4)N(c4ccccc4[Si](C)(C)C)c4cccc6c4B5c4ccc(-n5c7ccccc7c7cccc(-c8cc(C(C)(C)C)cc(C(C)(C)C)c8)c75)cc4N6c4ccccc4[Si](C)(C)C)c23)cc(C(C)(C)C)c1. The number of fused-ring (bicyclic) bond motifs is 10. The molecule has 0 bridgehead atoms. The highest BCUT2D eigenvalue weighted by Gasteiger charge is 2.45. The highest BCUT2D eigenvalue weighted by molar-refractivity contribution is 7.00. The quantitative estimate of drug-likeness (QED) is 0.141. The molecule has 0 fully saturated rings. The molecule has 0 amide bonds. The van der Waals surface area contributed by atoms with Crippen molar-refractivity contribution in [2.24, 2.45) is 0 Å². The van der Waals surface area contributed by atoms with Gasteiger partial charge in [0, 0.05) is 78.2 Å². The van der Waals surface area contributed by atoms with Gasteiger partial charge in [0.15, 0.2) is 0 Å². The number of benzene rings is 11. The molecule has 2 aliphatic heterocycles. The molecule has 4 nitrogen and oxygen atoms in total. The maximum Gasteiger partial charge on any atom is 0.252 e. The monoisotopic (exact) mass is 1270 g/mol. The summed E-state index contributed by atoms with van der Waals surface area (Å²) in [5, 5.41) is 7.88. The number of rotatable bonds is 8. The summed E-state index contributed by atoms with van der Waals surface area (Å²) in [4.78, 5) is 5.36. The van der Waals surface area contributed by atoms with Crippen LogP contribution in [-0.4, -0.2) is 32.0 Å². The third-order valence-electron chi connectivity index (χ3n) is 20.7. The summed E-state index contributed by atoms with van der Waals surface area (Å²) >= 11 is 0. The van der Waals surface area contributed by atoms with E-state index in [0.717, 1.165) is 11.4 Å². The van der Waals surface area contributed by atoms with Crippen LogP contribution in [0.1, 0.15) is 105 Å². The van der Waals surface area contributed by atoms with Crippen molar-refractivity contribution in [1.29, 1.82) is 0 Å². The third kappa shape index (κ3) is 10.3. The Balaban J connectivity index is 1.03. The highest BCUT2D eigenvalue weighted by Crippen LogP contribution is 2.49. The first-order valence-corrected chi connectivity index (χ1v) is 41.5. The minimum atomic E-state index is -1.98. The number of para-hydroxylation sites is 6. The largest absolute Gasteiger partial charge is 0.311 e. The van der Waals surface area contributed by atoms with Gasteiger partial charge in [-0.1, -0.05) is 286 Å². The van der Waals surface area contributed by atoms with E-state index in [1.165, 1.54) is 149 Å². The second-order valence-electron chi connectivity index (χ2n) is 33.5. The molecule has 7 heteroatoms. The second-order valence-corrected chi connectivity index (χ2v) is 43.6. The first-order chi connectivity index (χ1) is 44.9. The summed E-state index contributed by atoms with van der Waals surface area (Å²) in [6, 6.07) is 87.8. The minimum Gasteiger partial charge on any atom is -0.311 e. The smallest absolute Gasteiger partial charge is 0.252 e. The van der Waals surface area contributed by atoms with Gasteiger partial charge in [-0.2, -0.15) is 0 Å². The molecule has 0 spiro atoms. The fraction of sp³-hybridized carbons (Fsp3) is 0.250. The van der Waals surface area contributed by atoms with Crippen LogP contribution in [0.3, 0.4) is 0 Å². The van der Waals surface area contributed by atoms with Crippen LogP contribution in [-0.2, 0) is 21.7 Å². The lowest BCUT2D eigenvalue weighted by Gasteiger charge is -2.45. The topological polar surface area (TPSA) is 16.3 Å². The van der Waals surface area contributed by atoms with Crippen LogP contribution in [0.25, 0.3) is 77.2 Å². The van der Waals surface area contributed by atoms with E-state index >= 15 is 0 Å². The summed E-state index contributed by atoms with van der Waals surface area (Å²) in [7, 11) is -3.96. The summed E-state index contributed by atoms with van der Waals surface area (Å²) in [6.07, 6.45) is 0. The molecule has 2 aromatic heterocycles. The molecule has 0 unspecified atom stereocenters. The summed E-state index contributed by atoms with van der Waals surface area (Å²) in [5.74, 6) is 0. The number of aromatic nitrogens is 2. The predicted octanol–water partition coefficient (Wildman–Crippen LogP) is 21.6. The van der Waals surface area contributed by atoms with Crippen molar-refractivity contribution in [1.82, 2.24) is 9.13 Å². The van der Waals surface area contributed by atoms with Crippen LogP contribution >= 0.6 is 0 Å². The van der Waals surface area contributed by atoms with Crippen LogP contribution in [0.5, 0.6) is 0 Å². The van der Waals surface area contributed by atoms with Crippen LogP contribution in [0.4, 0.5) is 34.1 Å². The maximum atomic E-state index is 2.68. The van der Waals surface area contributed by atoms with Gasteiger partial charge < -0.3 is 18.9 Å². The molecule has 13 aromatic rings. The fourth-order valence-electron chi connectivity index (χ4n) is 15.6. The first kappa shape index (κ1) is 62.2. The van der Waals surface area contributed by atoms with Gasteiger partial charge in [0.05, 0.1) is 38.2 Å². The molecule has 0 saturated heterocycles. The minimum absolute atomic E-state index is 0.0423. The zero-order valence-electron chi connectivity index (χ0n) is 59.2. The van der Waals surface area contributed by atoms with Crippen molar-refractivity contribution < 1.29 is 0 Å². The van der Waals surface area contributed by atoms with Gasteiger partial charge in [0.2, 0.25) is 0 Å². The Morgan fingerprint density at radius 2 is 0.621 bits per heavy atom. The zero-order chi connectivity index (χ0) is 66.8. The second kappa shape index (κ2) is 21.8. The Kier molecular flexibility index (Phi) is 14.3. The molecule has 0 atom stereocenters. The van der Waals surface area contributed by atoms with Crippen LogP contribution < -0.4 is 36.6 Å². The lowest BCUT2D eigenvalue weighted by Crippen LogP contribution is -2.62. The number of hydrogen-bond donors (Lipinski definition) is 0. The van der Waals surface area contributed by atoms with Crippen LogP contribution in [0, 0.1) is 0 Å². The Bertz CT molecular complexity index is 4900. The lowest BCUT2D eigenvalue weighted by molar-refractivity contribution is 0.568. The number of nitrogens with zero attached hydrogens (tertiary/aromatic N) is 4. The molecule has 0 aliphatic carbocycles. The van der Waals surface area contributed by atoms with Crippen molar-refractivity contribution >= 4 is 127 Å². The highest BCUT2D eigenvalue weighted by atomic mass is 28.3. The van der Waals surface area contributed by atoms with E-state index in [9.17, 15) is 0 Å². The average molecular weight is 1270 g/mol.